The molecule has 1 unspecified atom stereocenters. The molecule has 0 amide bonds. The van der Waals surface area contributed by atoms with E-state index in [0.29, 0.717) is 18.1 Å². The van der Waals surface area contributed by atoms with E-state index in [1.54, 1.807) is 0 Å². The number of anilines is 2. The van der Waals surface area contributed by atoms with Crippen LogP contribution >= 0.6 is 0 Å². The van der Waals surface area contributed by atoms with E-state index in [9.17, 15) is 5.11 Å². The summed E-state index contributed by atoms with van der Waals surface area (Å²) in [5, 5.41) is 10.2. The number of nitrogens with zero attached hydrogens (tertiary/aromatic N) is 2. The minimum absolute atomic E-state index is 0.340. The van der Waals surface area contributed by atoms with Gasteiger partial charge in [0.2, 0.25) is 5.88 Å². The lowest BCUT2D eigenvalue weighted by atomic mass is 9.95. The molecule has 5 heteroatoms. The summed E-state index contributed by atoms with van der Waals surface area (Å²) in [5.74, 6) is 1.26. The van der Waals surface area contributed by atoms with Crippen molar-refractivity contribution >= 4 is 11.5 Å². The Morgan fingerprint density at radius 1 is 1.40 bits per heavy atom. The van der Waals surface area contributed by atoms with Crippen molar-refractivity contribution in [2.24, 2.45) is 0 Å². The summed E-state index contributed by atoms with van der Waals surface area (Å²) in [5.41, 5.74) is 5.46. The van der Waals surface area contributed by atoms with Gasteiger partial charge in [0, 0.05) is 13.1 Å². The van der Waals surface area contributed by atoms with E-state index in [2.05, 4.69) is 9.88 Å². The Kier molecular flexibility index (Phi) is 3.82. The van der Waals surface area contributed by atoms with Gasteiger partial charge in [-0.05, 0) is 52.7 Å². The SMILES string of the molecule is CC1(O)CCCN(c2ccc(N)c(OC(C)(C)C)n2)C1. The molecule has 2 rings (SSSR count). The largest absolute Gasteiger partial charge is 0.470 e. The third-order valence-corrected chi connectivity index (χ3v) is 3.28. The molecule has 1 aromatic rings. The number of aliphatic hydroxyl groups is 1. The lowest BCUT2D eigenvalue weighted by Crippen LogP contribution is -2.46. The van der Waals surface area contributed by atoms with Crippen molar-refractivity contribution in [3.63, 3.8) is 0 Å². The zero-order valence-electron chi connectivity index (χ0n) is 12.8. The van der Waals surface area contributed by atoms with Gasteiger partial charge in [0.1, 0.15) is 11.4 Å². The van der Waals surface area contributed by atoms with Gasteiger partial charge in [-0.25, -0.2) is 0 Å². The van der Waals surface area contributed by atoms with Crippen LogP contribution < -0.4 is 15.4 Å². The molecule has 0 radical (unpaired) electrons. The molecule has 20 heavy (non-hydrogen) atoms. The van der Waals surface area contributed by atoms with Gasteiger partial charge in [-0.1, -0.05) is 0 Å². The average molecular weight is 279 g/mol. The third-order valence-electron chi connectivity index (χ3n) is 3.28. The van der Waals surface area contributed by atoms with Gasteiger partial charge in [-0.2, -0.15) is 4.98 Å². The Hall–Kier alpha value is -1.49. The molecule has 1 saturated heterocycles. The van der Waals surface area contributed by atoms with Crippen molar-refractivity contribution in [1.82, 2.24) is 4.98 Å². The van der Waals surface area contributed by atoms with Crippen LogP contribution in [0.2, 0.25) is 0 Å². The van der Waals surface area contributed by atoms with Crippen molar-refractivity contribution in [2.45, 2.75) is 51.7 Å². The highest BCUT2D eigenvalue weighted by atomic mass is 16.5. The second-order valence-electron chi connectivity index (χ2n) is 6.80. The molecular weight excluding hydrogens is 254 g/mol. The molecule has 1 aromatic heterocycles. The maximum absolute atomic E-state index is 10.2. The number of rotatable bonds is 2. The Balaban J connectivity index is 2.23. The molecule has 0 saturated carbocycles. The van der Waals surface area contributed by atoms with Crippen LogP contribution in [0.4, 0.5) is 11.5 Å². The molecule has 2 heterocycles. The molecule has 3 N–H and O–H groups in total. The fourth-order valence-corrected chi connectivity index (χ4v) is 2.40. The molecule has 0 aliphatic carbocycles. The van der Waals surface area contributed by atoms with Crippen LogP contribution in [0, 0.1) is 0 Å². The summed E-state index contributed by atoms with van der Waals surface area (Å²) in [6.07, 6.45) is 1.78. The number of nitrogens with two attached hydrogens (primary N) is 1. The number of ether oxygens (including phenoxy) is 1. The first-order valence-corrected chi connectivity index (χ1v) is 7.09. The number of piperidine rings is 1. The highest BCUT2D eigenvalue weighted by Crippen LogP contribution is 2.29. The fraction of sp³-hybridized carbons (Fsp3) is 0.667. The molecule has 112 valence electrons. The van der Waals surface area contributed by atoms with Crippen LogP contribution in [0.25, 0.3) is 0 Å². The van der Waals surface area contributed by atoms with Crippen LogP contribution in [0.3, 0.4) is 0 Å². The predicted octanol–water partition coefficient (Wildman–Crippen LogP) is 2.19. The molecule has 0 bridgehead atoms. The molecule has 5 nitrogen and oxygen atoms in total. The summed E-state index contributed by atoms with van der Waals surface area (Å²) in [6.45, 7) is 9.23. The summed E-state index contributed by atoms with van der Waals surface area (Å²) in [7, 11) is 0. The molecule has 1 fully saturated rings. The van der Waals surface area contributed by atoms with Gasteiger partial charge in [0.05, 0.1) is 11.3 Å². The van der Waals surface area contributed by atoms with Crippen molar-refractivity contribution < 1.29 is 9.84 Å². The standard InChI is InChI=1S/C15H25N3O2/c1-14(2,3)20-13-11(16)6-7-12(17-13)18-9-5-8-15(4,19)10-18/h6-7,19H,5,8-10,16H2,1-4H3. The van der Waals surface area contributed by atoms with Crippen LogP contribution in [-0.2, 0) is 0 Å². The lowest BCUT2D eigenvalue weighted by Gasteiger charge is -2.37. The Labute approximate surface area is 120 Å². The van der Waals surface area contributed by atoms with Crippen molar-refractivity contribution in [2.75, 3.05) is 23.7 Å². The Bertz CT molecular complexity index is 480. The number of hydrogen-bond acceptors (Lipinski definition) is 5. The molecule has 0 aromatic carbocycles. The minimum Gasteiger partial charge on any atom is -0.470 e. The Morgan fingerprint density at radius 2 is 2.10 bits per heavy atom. The first kappa shape index (κ1) is 14.9. The zero-order valence-corrected chi connectivity index (χ0v) is 12.8. The van der Waals surface area contributed by atoms with E-state index in [1.807, 2.05) is 39.8 Å². The molecular formula is C15H25N3O2. The minimum atomic E-state index is -0.660. The summed E-state index contributed by atoms with van der Waals surface area (Å²) in [6, 6.07) is 3.69. The molecule has 1 atom stereocenters. The highest BCUT2D eigenvalue weighted by molar-refractivity contribution is 5.55. The van der Waals surface area contributed by atoms with E-state index < -0.39 is 5.60 Å². The fourth-order valence-electron chi connectivity index (χ4n) is 2.40. The second-order valence-corrected chi connectivity index (χ2v) is 6.80. The molecule has 1 aliphatic rings. The van der Waals surface area contributed by atoms with Crippen LogP contribution in [-0.4, -0.2) is 34.4 Å². The van der Waals surface area contributed by atoms with Gasteiger partial charge in [0.25, 0.3) is 0 Å². The smallest absolute Gasteiger partial charge is 0.239 e. The highest BCUT2D eigenvalue weighted by Gasteiger charge is 2.29. The quantitative estimate of drug-likeness (QED) is 0.868. The third kappa shape index (κ3) is 3.76. The van der Waals surface area contributed by atoms with E-state index in [1.165, 1.54) is 0 Å². The van der Waals surface area contributed by atoms with Crippen molar-refractivity contribution in [3.8, 4) is 5.88 Å². The first-order chi connectivity index (χ1) is 9.16. The van der Waals surface area contributed by atoms with E-state index >= 15 is 0 Å². The van der Waals surface area contributed by atoms with Gasteiger partial charge >= 0.3 is 0 Å². The number of aromatic nitrogens is 1. The lowest BCUT2D eigenvalue weighted by molar-refractivity contribution is 0.0445. The number of nitrogen functional groups attached to an aromatic ring is 1. The number of β-amino-alcohol motifs (C(OH)–C–C–N with tert-alkyl or cyclic N) is 1. The summed E-state index contributed by atoms with van der Waals surface area (Å²) >= 11 is 0. The normalized spacial score (nSPS) is 23.8. The summed E-state index contributed by atoms with van der Waals surface area (Å²) in [4.78, 5) is 6.60. The molecule has 1 aliphatic heterocycles. The molecule has 0 spiro atoms. The van der Waals surface area contributed by atoms with Crippen LogP contribution in [0.5, 0.6) is 5.88 Å². The Morgan fingerprint density at radius 3 is 2.70 bits per heavy atom. The van der Waals surface area contributed by atoms with Crippen LogP contribution in [0.15, 0.2) is 12.1 Å². The van der Waals surface area contributed by atoms with Crippen molar-refractivity contribution in [1.29, 1.82) is 0 Å². The first-order valence-electron chi connectivity index (χ1n) is 7.09. The van der Waals surface area contributed by atoms with E-state index in [-0.39, 0.29) is 5.60 Å². The maximum atomic E-state index is 10.2. The monoisotopic (exact) mass is 279 g/mol. The van der Waals surface area contributed by atoms with Gasteiger partial charge in [0.15, 0.2) is 0 Å². The number of pyridine rings is 1. The zero-order chi connectivity index (χ0) is 15.0. The predicted molar refractivity (Wildman–Crippen MR) is 81.1 cm³/mol. The topological polar surface area (TPSA) is 71.6 Å². The van der Waals surface area contributed by atoms with E-state index in [0.717, 1.165) is 25.2 Å². The van der Waals surface area contributed by atoms with Crippen molar-refractivity contribution in [3.05, 3.63) is 12.1 Å². The van der Waals surface area contributed by atoms with Gasteiger partial charge < -0.3 is 20.5 Å². The number of hydrogen-bond donors (Lipinski definition) is 2. The second kappa shape index (κ2) is 5.13. The maximum Gasteiger partial charge on any atom is 0.239 e. The van der Waals surface area contributed by atoms with Gasteiger partial charge in [-0.15, -0.1) is 0 Å². The summed E-state index contributed by atoms with van der Waals surface area (Å²) < 4.78 is 5.79. The van der Waals surface area contributed by atoms with Gasteiger partial charge in [-0.3, -0.25) is 0 Å². The average Bonchev–Trinajstić information content (AvgIpc) is 2.29. The van der Waals surface area contributed by atoms with Crippen LogP contribution in [0.1, 0.15) is 40.5 Å². The van der Waals surface area contributed by atoms with E-state index in [4.69, 9.17) is 10.5 Å².